The van der Waals surface area contributed by atoms with E-state index in [0.717, 1.165) is 11.1 Å². The number of hydrogen-bond donors (Lipinski definition) is 1. The topological polar surface area (TPSA) is 46.5 Å². The predicted octanol–water partition coefficient (Wildman–Crippen LogP) is 2.99. The van der Waals surface area contributed by atoms with E-state index in [-0.39, 0.29) is 0 Å². The van der Waals surface area contributed by atoms with Crippen molar-refractivity contribution in [2.75, 3.05) is 0 Å². The van der Waals surface area contributed by atoms with Crippen molar-refractivity contribution in [2.24, 2.45) is 0 Å². The Morgan fingerprint density at radius 3 is 2.39 bits per heavy atom. The first-order chi connectivity index (χ1) is 8.63. The van der Waals surface area contributed by atoms with Crippen LogP contribution in [0.5, 0.6) is 5.75 Å². The van der Waals surface area contributed by atoms with Crippen molar-refractivity contribution in [3.05, 3.63) is 48.5 Å². The molecule has 2 aromatic rings. The fourth-order valence-corrected chi connectivity index (χ4v) is 4.14. The molecule has 0 saturated carbocycles. The molecule has 1 aliphatic rings. The van der Waals surface area contributed by atoms with Gasteiger partial charge in [0, 0.05) is 5.56 Å². The summed E-state index contributed by atoms with van der Waals surface area (Å²) >= 11 is 0. The maximum absolute atomic E-state index is 12.8. The van der Waals surface area contributed by atoms with Crippen LogP contribution in [-0.4, -0.2) is 11.0 Å². The van der Waals surface area contributed by atoms with Crippen LogP contribution in [0.2, 0.25) is 0 Å². The minimum atomic E-state index is -3.25. The average molecular weight is 260 g/mol. The van der Waals surface area contributed by atoms with Crippen molar-refractivity contribution in [1.29, 1.82) is 0 Å². The lowest BCUT2D eigenvalue weighted by atomic mass is 10.0. The second kappa shape index (κ2) is 3.98. The van der Waals surface area contributed by atoms with Crippen molar-refractivity contribution in [2.45, 2.75) is 12.8 Å². The molecule has 0 fully saturated rings. The minimum Gasteiger partial charge on any atom is -0.438 e. The Labute approximate surface area is 105 Å². The molecule has 92 valence electrons. The Hall–Kier alpha value is -1.57. The zero-order valence-corrected chi connectivity index (χ0v) is 10.8. The number of fused-ring (bicyclic) bond motifs is 3. The van der Waals surface area contributed by atoms with E-state index in [2.05, 4.69) is 0 Å². The van der Waals surface area contributed by atoms with Gasteiger partial charge in [-0.1, -0.05) is 36.4 Å². The number of aliphatic hydroxyl groups is 1. The van der Waals surface area contributed by atoms with E-state index in [1.54, 1.807) is 12.1 Å². The molecule has 1 heterocycles. The molecule has 3 rings (SSSR count). The Morgan fingerprint density at radius 2 is 1.67 bits per heavy atom. The lowest BCUT2D eigenvalue weighted by Gasteiger charge is -2.30. The van der Waals surface area contributed by atoms with E-state index in [4.69, 9.17) is 4.52 Å². The maximum Gasteiger partial charge on any atom is 0.305 e. The fraction of sp³-hybridized carbons (Fsp3) is 0.143. The van der Waals surface area contributed by atoms with Crippen molar-refractivity contribution in [1.82, 2.24) is 0 Å². The van der Waals surface area contributed by atoms with Gasteiger partial charge < -0.3 is 9.63 Å². The van der Waals surface area contributed by atoms with Crippen LogP contribution in [0.3, 0.4) is 0 Å². The summed E-state index contributed by atoms with van der Waals surface area (Å²) in [4.78, 5) is 0. The van der Waals surface area contributed by atoms with Gasteiger partial charge in [-0.2, -0.15) is 0 Å². The molecule has 0 aliphatic carbocycles. The number of benzene rings is 2. The number of aliphatic hydroxyl groups excluding tert-OH is 1. The fourth-order valence-electron chi connectivity index (χ4n) is 2.21. The lowest BCUT2D eigenvalue weighted by molar-refractivity contribution is 0.253. The summed E-state index contributed by atoms with van der Waals surface area (Å²) in [5.74, 6) is -0.451. The van der Waals surface area contributed by atoms with Gasteiger partial charge in [0.05, 0.1) is 5.30 Å². The Bertz CT molecular complexity index is 649. The largest absolute Gasteiger partial charge is 0.438 e. The van der Waals surface area contributed by atoms with Gasteiger partial charge in [0.1, 0.15) is 11.6 Å². The van der Waals surface area contributed by atoms with Crippen LogP contribution in [0.1, 0.15) is 6.92 Å². The SMILES string of the molecule is CC(O)P1(=O)Oc2ccccc2-c2ccccc21. The first-order valence-electron chi connectivity index (χ1n) is 5.79. The standard InChI is InChI=1S/C14H13O3P/c1-10(15)18(16)14-9-5-3-7-12(14)11-6-2-4-8-13(11)17-18/h2-10,15H,1H3. The smallest absolute Gasteiger partial charge is 0.305 e. The van der Waals surface area contributed by atoms with Crippen molar-refractivity contribution < 1.29 is 14.2 Å². The molecule has 0 aromatic heterocycles. The Morgan fingerprint density at radius 1 is 1.06 bits per heavy atom. The lowest BCUT2D eigenvalue weighted by Crippen LogP contribution is -2.24. The van der Waals surface area contributed by atoms with Crippen LogP contribution in [0.25, 0.3) is 11.1 Å². The Kier molecular flexibility index (Phi) is 2.54. The van der Waals surface area contributed by atoms with E-state index < -0.39 is 13.2 Å². The second-order valence-corrected chi connectivity index (χ2v) is 6.94. The van der Waals surface area contributed by atoms with Crippen molar-refractivity contribution in [3.63, 3.8) is 0 Å². The monoisotopic (exact) mass is 260 g/mol. The second-order valence-electron chi connectivity index (χ2n) is 4.33. The van der Waals surface area contributed by atoms with Crippen LogP contribution >= 0.6 is 7.37 Å². The van der Waals surface area contributed by atoms with E-state index in [1.165, 1.54) is 6.92 Å². The van der Waals surface area contributed by atoms with Crippen molar-refractivity contribution in [3.8, 4) is 16.9 Å². The van der Waals surface area contributed by atoms with E-state index in [9.17, 15) is 9.67 Å². The van der Waals surface area contributed by atoms with Gasteiger partial charge in [0.2, 0.25) is 0 Å². The molecule has 0 bridgehead atoms. The zero-order chi connectivity index (χ0) is 12.8. The third-order valence-electron chi connectivity index (χ3n) is 3.14. The summed E-state index contributed by atoms with van der Waals surface area (Å²) in [6, 6.07) is 14.8. The first kappa shape index (κ1) is 11.5. The van der Waals surface area contributed by atoms with Crippen LogP contribution in [-0.2, 0) is 4.57 Å². The molecular weight excluding hydrogens is 247 g/mol. The molecule has 1 N–H and O–H groups in total. The van der Waals surface area contributed by atoms with E-state index in [1.807, 2.05) is 36.4 Å². The summed E-state index contributed by atoms with van der Waals surface area (Å²) < 4.78 is 18.5. The molecule has 2 aromatic carbocycles. The number of rotatable bonds is 1. The van der Waals surface area contributed by atoms with Gasteiger partial charge >= 0.3 is 7.37 Å². The average Bonchev–Trinajstić information content (AvgIpc) is 2.39. The highest BCUT2D eigenvalue weighted by Crippen LogP contribution is 2.56. The van der Waals surface area contributed by atoms with Crippen LogP contribution < -0.4 is 9.83 Å². The predicted molar refractivity (Wildman–Crippen MR) is 71.4 cm³/mol. The highest BCUT2D eigenvalue weighted by molar-refractivity contribution is 7.68. The zero-order valence-electron chi connectivity index (χ0n) is 9.91. The van der Waals surface area contributed by atoms with Gasteiger partial charge in [0.25, 0.3) is 0 Å². The first-order valence-corrected chi connectivity index (χ1v) is 7.49. The molecule has 1 aliphatic heterocycles. The van der Waals surface area contributed by atoms with Gasteiger partial charge in [-0.3, -0.25) is 4.57 Å². The molecule has 0 radical (unpaired) electrons. The molecule has 18 heavy (non-hydrogen) atoms. The molecule has 3 nitrogen and oxygen atoms in total. The normalized spacial score (nSPS) is 22.6. The Balaban J connectivity index is 2.33. The summed E-state index contributed by atoms with van der Waals surface area (Å²) in [6.45, 7) is 1.51. The molecule has 2 atom stereocenters. The minimum absolute atomic E-state index is 0.570. The van der Waals surface area contributed by atoms with Gasteiger partial charge in [-0.15, -0.1) is 0 Å². The van der Waals surface area contributed by atoms with Gasteiger partial charge in [-0.25, -0.2) is 0 Å². The van der Waals surface area contributed by atoms with Gasteiger partial charge in [0.15, 0.2) is 0 Å². The number of hydrogen-bond acceptors (Lipinski definition) is 3. The summed E-state index contributed by atoms with van der Waals surface area (Å²) in [5, 5.41) is 10.4. The third kappa shape index (κ3) is 1.52. The molecule has 4 heteroatoms. The summed E-state index contributed by atoms with van der Waals surface area (Å²) in [6.07, 6.45) is 0. The highest BCUT2D eigenvalue weighted by atomic mass is 31.2. The molecule has 0 amide bonds. The van der Waals surface area contributed by atoms with Crippen LogP contribution in [0.15, 0.2) is 48.5 Å². The van der Waals surface area contributed by atoms with E-state index in [0.29, 0.717) is 11.1 Å². The van der Waals surface area contributed by atoms with E-state index >= 15 is 0 Å². The summed E-state index contributed by atoms with van der Waals surface area (Å²) in [5.41, 5.74) is 1.80. The van der Waals surface area contributed by atoms with Crippen LogP contribution in [0.4, 0.5) is 0 Å². The quantitative estimate of drug-likeness (QED) is 0.802. The third-order valence-corrected chi connectivity index (χ3v) is 5.66. The molecular formula is C14H13O3P. The van der Waals surface area contributed by atoms with Crippen molar-refractivity contribution >= 4 is 12.7 Å². The molecule has 2 unspecified atom stereocenters. The van der Waals surface area contributed by atoms with Crippen LogP contribution in [0, 0.1) is 0 Å². The maximum atomic E-state index is 12.8. The molecule has 0 spiro atoms. The summed E-state index contributed by atoms with van der Waals surface area (Å²) in [7, 11) is -3.25. The molecule has 0 saturated heterocycles. The van der Waals surface area contributed by atoms with Gasteiger partial charge in [-0.05, 0) is 24.6 Å². The highest BCUT2D eigenvalue weighted by Gasteiger charge is 2.39. The number of para-hydroxylation sites is 1.